The van der Waals surface area contributed by atoms with Crippen molar-refractivity contribution in [1.29, 1.82) is 0 Å². The van der Waals surface area contributed by atoms with E-state index < -0.39 is 0 Å². The summed E-state index contributed by atoms with van der Waals surface area (Å²) in [6.07, 6.45) is 3.44. The number of fused-ring (bicyclic) bond motifs is 1. The number of amides is 1. The van der Waals surface area contributed by atoms with Crippen LogP contribution in [0.1, 0.15) is 44.2 Å². The van der Waals surface area contributed by atoms with E-state index in [1.54, 1.807) is 0 Å². The highest BCUT2D eigenvalue weighted by Gasteiger charge is 2.21. The molecule has 0 radical (unpaired) electrons. The van der Waals surface area contributed by atoms with E-state index in [0.29, 0.717) is 12.3 Å². The first-order chi connectivity index (χ1) is 9.04. The third kappa shape index (κ3) is 2.65. The number of rotatable bonds is 5. The van der Waals surface area contributed by atoms with E-state index in [0.717, 1.165) is 6.42 Å². The average Bonchev–Trinajstić information content (AvgIpc) is 2.78. The monoisotopic (exact) mass is 258 g/mol. The highest BCUT2D eigenvalue weighted by Crippen LogP contribution is 2.34. The summed E-state index contributed by atoms with van der Waals surface area (Å²) in [7, 11) is 0. The number of benzene rings is 1. The normalized spacial score (nSPS) is 13.1. The Hall–Kier alpha value is -1.77. The van der Waals surface area contributed by atoms with Gasteiger partial charge >= 0.3 is 0 Å². The highest BCUT2D eigenvalue weighted by atomic mass is 16.1. The van der Waals surface area contributed by atoms with Gasteiger partial charge in [0.05, 0.1) is 0 Å². The van der Waals surface area contributed by atoms with Crippen LogP contribution in [0.3, 0.4) is 0 Å². The van der Waals surface area contributed by atoms with E-state index in [1.165, 1.54) is 22.0 Å². The summed E-state index contributed by atoms with van der Waals surface area (Å²) in [4.78, 5) is 14.6. The van der Waals surface area contributed by atoms with Gasteiger partial charge in [-0.3, -0.25) is 4.79 Å². The van der Waals surface area contributed by atoms with Crippen LogP contribution in [-0.4, -0.2) is 10.9 Å². The Bertz CT molecular complexity index is 583. The molecule has 3 nitrogen and oxygen atoms in total. The summed E-state index contributed by atoms with van der Waals surface area (Å²) in [6.45, 7) is 6.42. The molecule has 2 aromatic rings. The van der Waals surface area contributed by atoms with Crippen LogP contribution in [0.2, 0.25) is 0 Å². The number of primary amides is 1. The molecule has 0 saturated heterocycles. The van der Waals surface area contributed by atoms with Crippen molar-refractivity contribution in [2.45, 2.75) is 39.5 Å². The van der Waals surface area contributed by atoms with Gasteiger partial charge in [0.15, 0.2) is 0 Å². The number of hydrogen-bond donors (Lipinski definition) is 2. The van der Waals surface area contributed by atoms with Crippen LogP contribution in [0.5, 0.6) is 0 Å². The van der Waals surface area contributed by atoms with Gasteiger partial charge in [0.2, 0.25) is 5.91 Å². The lowest BCUT2D eigenvalue weighted by molar-refractivity contribution is -0.118. The molecule has 0 aliphatic carbocycles. The van der Waals surface area contributed by atoms with Crippen molar-refractivity contribution < 1.29 is 4.79 Å². The summed E-state index contributed by atoms with van der Waals surface area (Å²) in [5.41, 5.74) is 9.10. The van der Waals surface area contributed by atoms with Gasteiger partial charge in [-0.2, -0.15) is 0 Å². The fourth-order valence-corrected chi connectivity index (χ4v) is 2.76. The molecule has 1 atom stereocenters. The first kappa shape index (κ1) is 13.7. The fourth-order valence-electron chi connectivity index (χ4n) is 2.76. The quantitative estimate of drug-likeness (QED) is 0.849. The summed E-state index contributed by atoms with van der Waals surface area (Å²) in [5.74, 6) is 0.329. The number of H-pyrrole nitrogens is 1. The maximum absolute atomic E-state index is 11.3. The van der Waals surface area contributed by atoms with E-state index in [2.05, 4.69) is 44.0 Å². The number of aromatic nitrogens is 1. The predicted molar refractivity (Wildman–Crippen MR) is 79.1 cm³/mol. The first-order valence-electron chi connectivity index (χ1n) is 6.91. The lowest BCUT2D eigenvalue weighted by Crippen LogP contribution is -2.18. The molecule has 3 N–H and O–H groups in total. The SMILES string of the molecule is CCc1cccc2c(C(CC(N)=O)C(C)C)c[nH]c12. The zero-order valence-corrected chi connectivity index (χ0v) is 11.9. The zero-order chi connectivity index (χ0) is 14.0. The van der Waals surface area contributed by atoms with Crippen LogP contribution in [0.25, 0.3) is 10.9 Å². The van der Waals surface area contributed by atoms with Crippen molar-refractivity contribution in [2.75, 3.05) is 0 Å². The average molecular weight is 258 g/mol. The molecule has 1 aromatic carbocycles. The number of nitrogens with two attached hydrogens (primary N) is 1. The summed E-state index contributed by atoms with van der Waals surface area (Å²) in [6, 6.07) is 6.35. The third-order valence-electron chi connectivity index (χ3n) is 3.84. The molecule has 0 saturated carbocycles. The van der Waals surface area contributed by atoms with Gasteiger partial charge in [0.1, 0.15) is 0 Å². The Morgan fingerprint density at radius 3 is 2.68 bits per heavy atom. The molecule has 0 bridgehead atoms. The van der Waals surface area contributed by atoms with Crippen LogP contribution in [0.4, 0.5) is 0 Å². The lowest BCUT2D eigenvalue weighted by Gasteiger charge is -2.19. The van der Waals surface area contributed by atoms with Crippen molar-refractivity contribution in [2.24, 2.45) is 11.7 Å². The molecule has 3 heteroatoms. The second-order valence-electron chi connectivity index (χ2n) is 5.46. The summed E-state index contributed by atoms with van der Waals surface area (Å²) >= 11 is 0. The Balaban J connectivity index is 2.51. The Morgan fingerprint density at radius 1 is 1.37 bits per heavy atom. The van der Waals surface area contributed by atoms with Gasteiger partial charge in [-0.15, -0.1) is 0 Å². The van der Waals surface area contributed by atoms with E-state index in [4.69, 9.17) is 5.73 Å². The zero-order valence-electron chi connectivity index (χ0n) is 11.9. The Labute approximate surface area is 114 Å². The van der Waals surface area contributed by atoms with E-state index >= 15 is 0 Å². The predicted octanol–water partition coefficient (Wildman–Crippen LogP) is 3.35. The number of carbonyl (C=O) groups is 1. The van der Waals surface area contributed by atoms with E-state index in [1.807, 2.05) is 6.20 Å². The minimum Gasteiger partial charge on any atom is -0.370 e. The van der Waals surface area contributed by atoms with Gasteiger partial charge in [0, 0.05) is 23.5 Å². The number of para-hydroxylation sites is 1. The van der Waals surface area contributed by atoms with Crippen molar-refractivity contribution in [3.63, 3.8) is 0 Å². The molecule has 1 unspecified atom stereocenters. The topological polar surface area (TPSA) is 58.9 Å². The molecular weight excluding hydrogens is 236 g/mol. The van der Waals surface area contributed by atoms with Crippen LogP contribution in [0, 0.1) is 5.92 Å². The van der Waals surface area contributed by atoms with Crippen LogP contribution in [-0.2, 0) is 11.2 Å². The van der Waals surface area contributed by atoms with Crippen LogP contribution >= 0.6 is 0 Å². The van der Waals surface area contributed by atoms with Gasteiger partial charge in [-0.05, 0) is 29.4 Å². The van der Waals surface area contributed by atoms with Crippen molar-refractivity contribution in [3.8, 4) is 0 Å². The minimum atomic E-state index is -0.236. The second kappa shape index (κ2) is 5.47. The van der Waals surface area contributed by atoms with E-state index in [9.17, 15) is 4.79 Å². The minimum absolute atomic E-state index is 0.179. The van der Waals surface area contributed by atoms with Crippen molar-refractivity contribution in [1.82, 2.24) is 4.98 Å². The maximum Gasteiger partial charge on any atom is 0.218 e. The molecule has 0 aliphatic heterocycles. The summed E-state index contributed by atoms with van der Waals surface area (Å²) in [5, 5.41) is 1.22. The van der Waals surface area contributed by atoms with Gasteiger partial charge in [0.25, 0.3) is 0 Å². The third-order valence-corrected chi connectivity index (χ3v) is 3.84. The Kier molecular flexibility index (Phi) is 3.93. The molecule has 0 aliphatic rings. The first-order valence-corrected chi connectivity index (χ1v) is 6.91. The smallest absolute Gasteiger partial charge is 0.218 e. The molecule has 2 rings (SSSR count). The maximum atomic E-state index is 11.3. The standard InChI is InChI=1S/C16H22N2O/c1-4-11-6-5-7-12-14(9-18-16(11)12)13(10(2)3)8-15(17)19/h5-7,9-10,13,18H,4,8H2,1-3H3,(H2,17,19). The van der Waals surface area contributed by atoms with Gasteiger partial charge < -0.3 is 10.7 Å². The number of hydrogen-bond acceptors (Lipinski definition) is 1. The molecule has 1 heterocycles. The molecule has 102 valence electrons. The van der Waals surface area contributed by atoms with Crippen molar-refractivity contribution >= 4 is 16.8 Å². The Morgan fingerprint density at radius 2 is 2.11 bits per heavy atom. The number of aryl methyl sites for hydroxylation is 1. The molecule has 0 spiro atoms. The number of aromatic amines is 1. The van der Waals surface area contributed by atoms with Crippen LogP contribution in [0.15, 0.2) is 24.4 Å². The highest BCUT2D eigenvalue weighted by molar-refractivity contribution is 5.87. The number of carbonyl (C=O) groups excluding carboxylic acids is 1. The fraction of sp³-hybridized carbons (Fsp3) is 0.438. The van der Waals surface area contributed by atoms with Crippen molar-refractivity contribution in [3.05, 3.63) is 35.5 Å². The summed E-state index contributed by atoms with van der Waals surface area (Å²) < 4.78 is 0. The van der Waals surface area contributed by atoms with E-state index in [-0.39, 0.29) is 11.8 Å². The number of nitrogens with one attached hydrogen (secondary N) is 1. The largest absolute Gasteiger partial charge is 0.370 e. The molecule has 0 fully saturated rings. The van der Waals surface area contributed by atoms with Crippen LogP contribution < -0.4 is 5.73 Å². The van der Waals surface area contributed by atoms with Gasteiger partial charge in [-0.1, -0.05) is 39.0 Å². The second-order valence-corrected chi connectivity index (χ2v) is 5.46. The molecule has 1 aromatic heterocycles. The molecule has 19 heavy (non-hydrogen) atoms. The van der Waals surface area contributed by atoms with Gasteiger partial charge in [-0.25, -0.2) is 0 Å². The lowest BCUT2D eigenvalue weighted by atomic mass is 9.85. The molecular formula is C16H22N2O. The molecule has 1 amide bonds.